The highest BCUT2D eigenvalue weighted by Gasteiger charge is 2.48. The Labute approximate surface area is 183 Å². The van der Waals surface area contributed by atoms with Gasteiger partial charge in [0.1, 0.15) is 11.6 Å². The van der Waals surface area contributed by atoms with E-state index >= 15 is 0 Å². The van der Waals surface area contributed by atoms with E-state index in [2.05, 4.69) is 22.8 Å². The van der Waals surface area contributed by atoms with Crippen LogP contribution in [0.2, 0.25) is 0 Å². The number of fused-ring (bicyclic) bond motifs is 1. The number of hydrogen-bond donors (Lipinski definition) is 0. The Morgan fingerprint density at radius 1 is 1.10 bits per heavy atom. The minimum Gasteiger partial charge on any atom is -0.356 e. The van der Waals surface area contributed by atoms with Gasteiger partial charge in [-0.3, -0.25) is 4.79 Å². The molecule has 0 bridgehead atoms. The van der Waals surface area contributed by atoms with Crippen molar-refractivity contribution in [3.63, 3.8) is 0 Å². The number of aryl methyl sites for hydroxylation is 1. The van der Waals surface area contributed by atoms with Crippen LogP contribution in [0.5, 0.6) is 0 Å². The Morgan fingerprint density at radius 3 is 2.61 bits per heavy atom. The first-order valence-corrected chi connectivity index (χ1v) is 11.4. The predicted molar refractivity (Wildman–Crippen MR) is 119 cm³/mol. The molecule has 3 saturated heterocycles. The van der Waals surface area contributed by atoms with Crippen molar-refractivity contribution in [1.29, 1.82) is 0 Å². The highest BCUT2D eigenvalue weighted by molar-refractivity contribution is 5.74. The summed E-state index contributed by atoms with van der Waals surface area (Å²) >= 11 is 0. The average molecular weight is 424 g/mol. The van der Waals surface area contributed by atoms with Crippen molar-refractivity contribution in [3.05, 3.63) is 47.4 Å². The zero-order chi connectivity index (χ0) is 21.5. The maximum absolute atomic E-state index is 14.0. The first-order chi connectivity index (χ1) is 15.0. The number of nitrogens with zero attached hydrogens (tertiary/aromatic N) is 5. The monoisotopic (exact) mass is 423 g/mol. The van der Waals surface area contributed by atoms with Crippen molar-refractivity contribution in [2.45, 2.75) is 39.2 Å². The molecule has 0 spiro atoms. The summed E-state index contributed by atoms with van der Waals surface area (Å²) in [6.45, 7) is 8.17. The molecule has 0 N–H and O–H groups in total. The van der Waals surface area contributed by atoms with E-state index < -0.39 is 0 Å². The molecule has 0 aliphatic carbocycles. The molecule has 1 aromatic carbocycles. The number of amides is 1. The Bertz CT molecular complexity index is 976. The van der Waals surface area contributed by atoms with Gasteiger partial charge in [-0.1, -0.05) is 19.1 Å². The van der Waals surface area contributed by atoms with Gasteiger partial charge in [0.05, 0.1) is 6.04 Å². The van der Waals surface area contributed by atoms with Crippen LogP contribution in [-0.4, -0.2) is 53.5 Å². The number of carbonyl (C=O) groups is 1. The fourth-order valence-electron chi connectivity index (χ4n) is 5.54. The summed E-state index contributed by atoms with van der Waals surface area (Å²) < 4.78 is 14.0. The summed E-state index contributed by atoms with van der Waals surface area (Å²) in [6.07, 6.45) is 3.26. The van der Waals surface area contributed by atoms with Gasteiger partial charge in [0.25, 0.3) is 0 Å². The van der Waals surface area contributed by atoms with Crippen molar-refractivity contribution >= 4 is 17.7 Å². The van der Waals surface area contributed by atoms with E-state index in [1.54, 1.807) is 19.1 Å². The van der Waals surface area contributed by atoms with Crippen LogP contribution in [0.25, 0.3) is 0 Å². The summed E-state index contributed by atoms with van der Waals surface area (Å²) in [6, 6.07) is 8.75. The third-order valence-electron chi connectivity index (χ3n) is 7.09. The number of benzene rings is 1. The van der Waals surface area contributed by atoms with Crippen LogP contribution in [0.1, 0.15) is 44.0 Å². The van der Waals surface area contributed by atoms with Gasteiger partial charge in [0, 0.05) is 63.2 Å². The lowest BCUT2D eigenvalue weighted by Gasteiger charge is -2.30. The van der Waals surface area contributed by atoms with E-state index in [0.717, 1.165) is 55.6 Å². The summed E-state index contributed by atoms with van der Waals surface area (Å²) in [5.41, 5.74) is 1.95. The number of carbonyl (C=O) groups excluding carboxylic acids is 1. The number of aromatic nitrogens is 2. The molecule has 164 valence electrons. The third-order valence-corrected chi connectivity index (χ3v) is 7.09. The van der Waals surface area contributed by atoms with Crippen molar-refractivity contribution in [2.24, 2.45) is 11.8 Å². The number of rotatable bonds is 4. The average Bonchev–Trinajstić information content (AvgIpc) is 3.49. The molecule has 31 heavy (non-hydrogen) atoms. The molecular formula is C24H30FN5O. The summed E-state index contributed by atoms with van der Waals surface area (Å²) in [5, 5.41) is 0. The Kier molecular flexibility index (Phi) is 5.28. The molecule has 1 amide bonds. The van der Waals surface area contributed by atoms with E-state index in [4.69, 9.17) is 9.97 Å². The number of hydrogen-bond acceptors (Lipinski definition) is 5. The molecule has 2 aromatic rings. The smallest absolute Gasteiger partial charge is 0.227 e. The van der Waals surface area contributed by atoms with Crippen molar-refractivity contribution in [3.8, 4) is 0 Å². The zero-order valence-electron chi connectivity index (χ0n) is 18.3. The largest absolute Gasteiger partial charge is 0.356 e. The topological polar surface area (TPSA) is 52.6 Å². The van der Waals surface area contributed by atoms with Crippen molar-refractivity contribution in [1.82, 2.24) is 14.9 Å². The molecule has 7 heteroatoms. The van der Waals surface area contributed by atoms with Crippen LogP contribution in [0.3, 0.4) is 0 Å². The molecule has 3 aliphatic heterocycles. The first kappa shape index (κ1) is 20.2. The molecule has 1 aromatic heterocycles. The van der Waals surface area contributed by atoms with E-state index in [0.29, 0.717) is 12.5 Å². The molecule has 5 rings (SSSR count). The molecule has 0 radical (unpaired) electrons. The lowest BCUT2D eigenvalue weighted by molar-refractivity contribution is -0.130. The normalized spacial score (nSPS) is 25.4. The van der Waals surface area contributed by atoms with E-state index in [1.165, 1.54) is 18.9 Å². The van der Waals surface area contributed by atoms with Gasteiger partial charge in [0.2, 0.25) is 11.9 Å². The Balaban J connectivity index is 1.44. The van der Waals surface area contributed by atoms with Gasteiger partial charge in [-0.25, -0.2) is 9.37 Å². The summed E-state index contributed by atoms with van der Waals surface area (Å²) in [5.74, 6) is 2.25. The van der Waals surface area contributed by atoms with Crippen LogP contribution in [0.15, 0.2) is 30.3 Å². The minimum absolute atomic E-state index is 0.0573. The van der Waals surface area contributed by atoms with Gasteiger partial charge in [-0.15, -0.1) is 0 Å². The second kappa shape index (κ2) is 8.09. The minimum atomic E-state index is -0.252. The van der Waals surface area contributed by atoms with E-state index in [1.807, 2.05) is 11.0 Å². The predicted octanol–water partition coefficient (Wildman–Crippen LogP) is 3.43. The van der Waals surface area contributed by atoms with E-state index in [9.17, 15) is 9.18 Å². The van der Waals surface area contributed by atoms with Crippen molar-refractivity contribution in [2.75, 3.05) is 42.5 Å². The second-order valence-electron chi connectivity index (χ2n) is 9.07. The molecule has 0 unspecified atom stereocenters. The van der Waals surface area contributed by atoms with Crippen LogP contribution >= 0.6 is 0 Å². The molecule has 6 nitrogen and oxygen atoms in total. The van der Waals surface area contributed by atoms with Crippen LogP contribution < -0.4 is 9.80 Å². The maximum Gasteiger partial charge on any atom is 0.227 e. The summed E-state index contributed by atoms with van der Waals surface area (Å²) in [4.78, 5) is 28.6. The fourth-order valence-corrected chi connectivity index (χ4v) is 5.54. The lowest BCUT2D eigenvalue weighted by atomic mass is 9.89. The maximum atomic E-state index is 14.0. The molecule has 0 saturated carbocycles. The highest BCUT2D eigenvalue weighted by atomic mass is 19.1. The van der Waals surface area contributed by atoms with Gasteiger partial charge in [0.15, 0.2) is 0 Å². The van der Waals surface area contributed by atoms with Crippen LogP contribution in [-0.2, 0) is 11.2 Å². The molecular weight excluding hydrogens is 393 g/mol. The molecule has 3 fully saturated rings. The third kappa shape index (κ3) is 3.75. The number of likely N-dealkylation sites (tertiary alicyclic amines) is 1. The summed E-state index contributed by atoms with van der Waals surface area (Å²) in [7, 11) is 0. The fraction of sp³-hybridized carbons (Fsp3) is 0.542. The molecule has 3 atom stereocenters. The Morgan fingerprint density at radius 2 is 1.90 bits per heavy atom. The van der Waals surface area contributed by atoms with Crippen LogP contribution in [0.4, 0.5) is 16.2 Å². The van der Waals surface area contributed by atoms with Gasteiger partial charge in [-0.2, -0.15) is 4.98 Å². The first-order valence-electron chi connectivity index (χ1n) is 11.4. The quantitative estimate of drug-likeness (QED) is 0.754. The Hall–Kier alpha value is -2.70. The van der Waals surface area contributed by atoms with Gasteiger partial charge < -0.3 is 14.7 Å². The van der Waals surface area contributed by atoms with Crippen molar-refractivity contribution < 1.29 is 9.18 Å². The van der Waals surface area contributed by atoms with E-state index in [-0.39, 0.29) is 23.7 Å². The van der Waals surface area contributed by atoms with Crippen LogP contribution in [0, 0.1) is 17.7 Å². The van der Waals surface area contributed by atoms with Gasteiger partial charge >= 0.3 is 0 Å². The standard InChI is InChI=1S/C24H30FN5O/c1-3-20-12-22(27-24(26-20)28-9-4-5-10-28)29-13-18-14-30(16(2)31)23(21(18)15-29)17-7-6-8-19(25)11-17/h6-8,11-12,18,21,23H,3-5,9-10,13-15H2,1-2H3/t18-,21-,23-/m1/s1. The number of halogens is 1. The van der Waals surface area contributed by atoms with Gasteiger partial charge in [-0.05, 0) is 37.0 Å². The second-order valence-corrected chi connectivity index (χ2v) is 9.07. The molecule has 4 heterocycles. The number of anilines is 2. The lowest BCUT2D eigenvalue weighted by Crippen LogP contribution is -2.34. The SMILES string of the molecule is CCc1cc(N2C[C@@H]3CN(C(C)=O)[C@H](c4cccc(F)c4)[C@@H]3C2)nc(N2CCCC2)n1. The molecule has 3 aliphatic rings. The highest BCUT2D eigenvalue weighted by Crippen LogP contribution is 2.46. The zero-order valence-corrected chi connectivity index (χ0v) is 18.3.